The van der Waals surface area contributed by atoms with Gasteiger partial charge in [-0.15, -0.1) is 0 Å². The fourth-order valence-corrected chi connectivity index (χ4v) is 8.60. The van der Waals surface area contributed by atoms with E-state index in [-0.39, 0.29) is 17.2 Å². The number of nitrogens with zero attached hydrogens (tertiary/aromatic N) is 1. The van der Waals surface area contributed by atoms with E-state index in [1.807, 2.05) is 63.2 Å². The number of benzene rings is 5. The minimum atomic E-state index is -0.891. The second kappa shape index (κ2) is 17.3. The lowest BCUT2D eigenvalue weighted by molar-refractivity contribution is 0.337. The van der Waals surface area contributed by atoms with Gasteiger partial charge in [0.25, 0.3) is 0 Å². The molecule has 6 aromatic rings. The molecule has 1 aliphatic carbocycles. The third-order valence-electron chi connectivity index (χ3n) is 11.9. The van der Waals surface area contributed by atoms with E-state index in [0.29, 0.717) is 28.0 Å². The van der Waals surface area contributed by atoms with Crippen molar-refractivity contribution in [3.8, 4) is 23.0 Å². The van der Waals surface area contributed by atoms with Crippen LogP contribution in [0.4, 0.5) is 17.1 Å². The first-order valence-electron chi connectivity index (χ1n) is 20.5. The van der Waals surface area contributed by atoms with Crippen LogP contribution >= 0.6 is 0 Å². The highest BCUT2D eigenvalue weighted by atomic mass is 16.3. The van der Waals surface area contributed by atoms with Crippen molar-refractivity contribution in [3.05, 3.63) is 141 Å². The van der Waals surface area contributed by atoms with E-state index >= 15 is 0 Å². The van der Waals surface area contributed by atoms with Gasteiger partial charge in [0, 0.05) is 22.4 Å². The van der Waals surface area contributed by atoms with Gasteiger partial charge in [-0.25, -0.2) is 0 Å². The molecule has 0 aliphatic heterocycles. The first kappa shape index (κ1) is 44.2. The molecule has 312 valence electrons. The number of fused-ring (bicyclic) bond motifs is 4. The molecule has 1 heterocycles. The zero-order valence-corrected chi connectivity index (χ0v) is 36.0. The largest absolute Gasteiger partial charge is 0.509 e. The van der Waals surface area contributed by atoms with Crippen LogP contribution in [0.3, 0.4) is 0 Å². The number of hydrogen-bond donors (Lipinski definition) is 7. The van der Waals surface area contributed by atoms with Crippen molar-refractivity contribution in [3.63, 3.8) is 0 Å². The van der Waals surface area contributed by atoms with Crippen LogP contribution in [0, 0.1) is 6.92 Å². The Morgan fingerprint density at radius 2 is 1.38 bits per heavy atom. The molecule has 0 amide bonds. The predicted molar refractivity (Wildman–Crippen MR) is 247 cm³/mol. The highest BCUT2D eigenvalue weighted by Crippen LogP contribution is 2.58. The van der Waals surface area contributed by atoms with Crippen molar-refractivity contribution < 1.29 is 40.2 Å². The lowest BCUT2D eigenvalue weighted by Crippen LogP contribution is -2.25. The summed E-state index contributed by atoms with van der Waals surface area (Å²) in [6.07, 6.45) is 3.98. The third-order valence-corrected chi connectivity index (χ3v) is 11.9. The Morgan fingerprint density at radius 3 is 2.02 bits per heavy atom. The van der Waals surface area contributed by atoms with Crippen LogP contribution < -0.4 is 4.90 Å². The molecule has 9 nitrogen and oxygen atoms in total. The summed E-state index contributed by atoms with van der Waals surface area (Å²) in [7, 11) is 11.7. The summed E-state index contributed by atoms with van der Waals surface area (Å²) >= 11 is 0. The Labute approximate surface area is 360 Å². The number of aryl methyl sites for hydroxylation is 1. The summed E-state index contributed by atoms with van der Waals surface area (Å²) in [5.41, 5.74) is 5.14. The van der Waals surface area contributed by atoms with Gasteiger partial charge >= 0.3 is 0 Å². The van der Waals surface area contributed by atoms with Crippen LogP contribution in [0.5, 0.6) is 23.0 Å². The maximum atomic E-state index is 11.6. The minimum absolute atomic E-state index is 0.0234. The fraction of sp³-hybridized carbons (Fsp3) is 0.280. The molecule has 0 spiro atoms. The number of aromatic hydroxyl groups is 4. The zero-order chi connectivity index (χ0) is 44.7. The molecule has 11 heteroatoms. The maximum absolute atomic E-state index is 11.6. The van der Waals surface area contributed by atoms with Gasteiger partial charge in [-0.3, -0.25) is 0 Å². The van der Waals surface area contributed by atoms with Gasteiger partial charge in [0.1, 0.15) is 49.8 Å². The third kappa shape index (κ3) is 8.13. The van der Waals surface area contributed by atoms with Crippen LogP contribution in [-0.4, -0.2) is 51.4 Å². The van der Waals surface area contributed by atoms with E-state index in [4.69, 9.17) is 20.1 Å². The van der Waals surface area contributed by atoms with Gasteiger partial charge in [0.05, 0.1) is 16.9 Å². The topological polar surface area (TPSA) is 158 Å². The average Bonchev–Trinajstić information content (AvgIpc) is 3.61. The highest BCUT2D eigenvalue weighted by Gasteiger charge is 2.33. The second-order valence-electron chi connectivity index (χ2n) is 16.7. The van der Waals surface area contributed by atoms with E-state index < -0.39 is 56.8 Å². The second-order valence-corrected chi connectivity index (χ2v) is 16.7. The maximum Gasteiger partial charge on any atom is 0.186 e. The summed E-state index contributed by atoms with van der Waals surface area (Å²) < 4.78 is 6.13. The van der Waals surface area contributed by atoms with Gasteiger partial charge in [-0.1, -0.05) is 100 Å². The first-order valence-corrected chi connectivity index (χ1v) is 20.5. The molecule has 1 unspecified atom stereocenters. The van der Waals surface area contributed by atoms with Gasteiger partial charge in [-0.05, 0) is 104 Å². The predicted octanol–water partition coefficient (Wildman–Crippen LogP) is 12.7. The number of para-hydroxylation sites is 1. The molecule has 7 N–H and O–H groups in total. The Morgan fingerprint density at radius 1 is 0.770 bits per heavy atom. The van der Waals surface area contributed by atoms with Gasteiger partial charge in [-0.2, -0.15) is 0 Å². The Bertz CT molecular complexity index is 2710. The lowest BCUT2D eigenvalue weighted by atomic mass is 9.68. The number of aliphatic hydroxyl groups is 3. The summed E-state index contributed by atoms with van der Waals surface area (Å²) in [6, 6.07) is 27.4. The van der Waals surface area contributed by atoms with Crippen LogP contribution in [0.1, 0.15) is 107 Å². The number of phenolic OH excluding ortho intramolecular Hbond substituents is 4. The standard InChI is InChI=1S/C36H33B2NO8.C14H20/c1-16(2)26-17(3)9-8-11-23(26)39(20-13-14-22-21-10-6-7-12-24(21)47-25(22)15-20)30-35(45)33(43)27(34(44)36(30)46)18(4)31(41)28(37)29(38)32(42)19(5)40;1-4-11-9-10-14(2,3)13-8-6-5-7-12(11)13/h6-16,40-46H,1-5H3;5-8,11H,4,9-10H2,1-3H3/b29-28-,31-18-,32-19-;. The van der Waals surface area contributed by atoms with Crippen LogP contribution in [-0.2, 0) is 5.41 Å². The van der Waals surface area contributed by atoms with Crippen molar-refractivity contribution in [1.82, 2.24) is 0 Å². The summed E-state index contributed by atoms with van der Waals surface area (Å²) in [4.78, 5) is 1.51. The van der Waals surface area contributed by atoms with Gasteiger partial charge in [0.15, 0.2) is 23.0 Å². The number of hydrogen-bond acceptors (Lipinski definition) is 9. The van der Waals surface area contributed by atoms with Crippen molar-refractivity contribution in [2.75, 3.05) is 4.90 Å². The number of rotatable bonds is 8. The summed E-state index contributed by atoms with van der Waals surface area (Å²) in [5.74, 6) is -4.83. The quantitative estimate of drug-likeness (QED) is 0.0261. The molecular weight excluding hydrogens is 764 g/mol. The molecule has 4 radical (unpaired) electrons. The number of allylic oxidation sites excluding steroid dienone is 4. The van der Waals surface area contributed by atoms with E-state index in [1.54, 1.807) is 29.3 Å². The molecule has 0 saturated heterocycles. The van der Waals surface area contributed by atoms with Crippen molar-refractivity contribution in [2.24, 2.45) is 0 Å². The molecule has 0 saturated carbocycles. The average molecular weight is 818 g/mol. The van der Waals surface area contributed by atoms with Crippen LogP contribution in [0.2, 0.25) is 0 Å². The molecule has 0 bridgehead atoms. The van der Waals surface area contributed by atoms with Crippen LogP contribution in [0.15, 0.2) is 118 Å². The van der Waals surface area contributed by atoms with E-state index in [2.05, 4.69) is 45.0 Å². The Hall–Kier alpha value is -6.35. The lowest BCUT2D eigenvalue weighted by Gasteiger charge is -2.36. The molecule has 7 rings (SSSR count). The highest BCUT2D eigenvalue weighted by molar-refractivity contribution is 6.35. The molecule has 0 fully saturated rings. The number of furan rings is 1. The normalized spacial score (nSPS) is 16.0. The molecular formula is C50H53B2NO8. The van der Waals surface area contributed by atoms with E-state index in [1.165, 1.54) is 31.1 Å². The first-order chi connectivity index (χ1) is 28.8. The van der Waals surface area contributed by atoms with Crippen molar-refractivity contribution in [2.45, 2.75) is 91.9 Å². The molecule has 61 heavy (non-hydrogen) atoms. The van der Waals surface area contributed by atoms with E-state index in [0.717, 1.165) is 34.7 Å². The summed E-state index contributed by atoms with van der Waals surface area (Å²) in [5, 5.41) is 78.2. The smallest absolute Gasteiger partial charge is 0.186 e. The number of phenols is 4. The number of aliphatic hydroxyl groups excluding tert-OH is 3. The van der Waals surface area contributed by atoms with E-state index in [9.17, 15) is 35.7 Å². The minimum Gasteiger partial charge on any atom is -0.509 e. The van der Waals surface area contributed by atoms with Gasteiger partial charge in [0.2, 0.25) is 0 Å². The van der Waals surface area contributed by atoms with Crippen molar-refractivity contribution >= 4 is 60.3 Å². The SMILES string of the molecule is CCC1CCC(C)(C)c2ccccc21.[B]C(=C([B])/C(O)=C(\C)c1c(O)c(O)c(N(c2ccc3c(c2)oc2ccccc23)c2cccc(C)c2C(C)C)c(O)c1O)/C(O)=C(\C)O. The molecule has 1 aromatic heterocycles. The fourth-order valence-electron chi connectivity index (χ4n) is 8.60. The number of anilines is 3. The van der Waals surface area contributed by atoms with Crippen molar-refractivity contribution in [1.29, 1.82) is 0 Å². The summed E-state index contributed by atoms with van der Waals surface area (Å²) in [6.45, 7) is 15.4. The monoisotopic (exact) mass is 817 g/mol. The Kier molecular flexibility index (Phi) is 12.6. The zero-order valence-electron chi connectivity index (χ0n) is 36.0. The molecule has 5 aromatic carbocycles. The molecule has 1 aliphatic rings. The molecule has 1 atom stereocenters. The van der Waals surface area contributed by atoms with Crippen LogP contribution in [0.25, 0.3) is 27.5 Å². The Balaban J connectivity index is 0.000000374. The van der Waals surface area contributed by atoms with Gasteiger partial charge < -0.3 is 45.1 Å².